The van der Waals surface area contributed by atoms with Crippen LogP contribution in [-0.2, 0) is 14.3 Å². The Bertz CT molecular complexity index is 560. The van der Waals surface area contributed by atoms with E-state index in [1.807, 2.05) is 0 Å². The molecule has 19 heavy (non-hydrogen) atoms. The summed E-state index contributed by atoms with van der Waals surface area (Å²) in [6.07, 6.45) is 1.58. The molecule has 4 rings (SSSR count). The second-order valence-electron chi connectivity index (χ2n) is 5.31. The Hall–Kier alpha value is -1.39. The number of carbonyl (C=O) groups is 2. The highest BCUT2D eigenvalue weighted by molar-refractivity contribution is 6.36. The number of fused-ring (bicyclic) bond motifs is 5. The number of benzene rings is 1. The zero-order chi connectivity index (χ0) is 13.1. The van der Waals surface area contributed by atoms with Crippen molar-refractivity contribution in [3.05, 3.63) is 29.3 Å². The van der Waals surface area contributed by atoms with Gasteiger partial charge in [-0.1, -0.05) is 23.7 Å². The Balaban J connectivity index is 1.78. The highest BCUT2D eigenvalue weighted by atomic mass is 35.5. The van der Waals surface area contributed by atoms with Crippen molar-refractivity contribution in [2.45, 2.75) is 25.0 Å². The van der Waals surface area contributed by atoms with Gasteiger partial charge in [0.05, 0.1) is 34.8 Å². The number of halogens is 1. The van der Waals surface area contributed by atoms with Gasteiger partial charge in [-0.2, -0.15) is 0 Å². The summed E-state index contributed by atoms with van der Waals surface area (Å²) in [5.41, 5.74) is 0.493. The Kier molecular flexibility index (Phi) is 2.29. The number of para-hydroxylation sites is 1. The number of ether oxygens (including phenoxy) is 1. The van der Waals surface area contributed by atoms with Gasteiger partial charge in [0, 0.05) is 0 Å². The molecule has 0 saturated carbocycles. The third-order valence-electron chi connectivity index (χ3n) is 4.38. The summed E-state index contributed by atoms with van der Waals surface area (Å²) < 4.78 is 5.69. The molecular formula is C14H12ClNO3. The Morgan fingerprint density at radius 3 is 2.21 bits per heavy atom. The molecular weight excluding hydrogens is 266 g/mol. The first-order valence-electron chi connectivity index (χ1n) is 6.46. The van der Waals surface area contributed by atoms with E-state index in [1.165, 1.54) is 4.90 Å². The summed E-state index contributed by atoms with van der Waals surface area (Å²) >= 11 is 6.10. The largest absolute Gasteiger partial charge is 0.373 e. The van der Waals surface area contributed by atoms with Crippen LogP contribution in [0.4, 0.5) is 5.69 Å². The number of anilines is 1. The molecule has 3 aliphatic rings. The van der Waals surface area contributed by atoms with E-state index in [-0.39, 0.29) is 35.9 Å². The minimum absolute atomic E-state index is 0.0843. The van der Waals surface area contributed by atoms with E-state index in [0.29, 0.717) is 10.7 Å². The normalized spacial score (nSPS) is 36.2. The smallest absolute Gasteiger partial charge is 0.240 e. The molecule has 0 aromatic heterocycles. The fourth-order valence-electron chi connectivity index (χ4n) is 3.58. The van der Waals surface area contributed by atoms with Crippen molar-refractivity contribution >= 4 is 29.1 Å². The van der Waals surface area contributed by atoms with Crippen molar-refractivity contribution < 1.29 is 14.3 Å². The second-order valence-corrected chi connectivity index (χ2v) is 5.71. The standard InChI is InChI=1S/C14H12ClNO3/c15-7-3-1-2-4-8(7)16-13(17)11-9-5-6-10(19-9)12(11)14(16)18/h1-4,9-12H,5-6H2. The SMILES string of the molecule is O=C1C2C3CCC(O3)C2C(=O)N1c1ccccc1Cl. The molecule has 98 valence electrons. The summed E-state index contributed by atoms with van der Waals surface area (Å²) in [6, 6.07) is 6.96. The van der Waals surface area contributed by atoms with Crippen molar-refractivity contribution in [2.75, 3.05) is 4.90 Å². The molecule has 4 unspecified atom stereocenters. The van der Waals surface area contributed by atoms with Crippen LogP contribution in [0, 0.1) is 11.8 Å². The van der Waals surface area contributed by atoms with Gasteiger partial charge in [0.25, 0.3) is 0 Å². The van der Waals surface area contributed by atoms with Crippen LogP contribution in [0.25, 0.3) is 0 Å². The van der Waals surface area contributed by atoms with Gasteiger partial charge in [0.15, 0.2) is 0 Å². The van der Waals surface area contributed by atoms with Crippen LogP contribution in [0.1, 0.15) is 12.8 Å². The van der Waals surface area contributed by atoms with E-state index in [4.69, 9.17) is 16.3 Å². The summed E-state index contributed by atoms with van der Waals surface area (Å²) in [4.78, 5) is 26.3. The van der Waals surface area contributed by atoms with Gasteiger partial charge in [-0.25, -0.2) is 4.90 Å². The molecule has 3 aliphatic heterocycles. The number of carbonyl (C=O) groups excluding carboxylic acids is 2. The van der Waals surface area contributed by atoms with E-state index in [0.717, 1.165) is 12.8 Å². The number of hydrogen-bond donors (Lipinski definition) is 0. The predicted octanol–water partition coefficient (Wildman–Crippen LogP) is 2.01. The molecule has 1 aromatic carbocycles. The zero-order valence-electron chi connectivity index (χ0n) is 10.1. The van der Waals surface area contributed by atoms with Gasteiger partial charge in [-0.15, -0.1) is 0 Å². The molecule has 0 N–H and O–H groups in total. The molecule has 1 aromatic rings. The van der Waals surface area contributed by atoms with E-state index in [1.54, 1.807) is 24.3 Å². The van der Waals surface area contributed by atoms with Crippen LogP contribution >= 0.6 is 11.6 Å². The third-order valence-corrected chi connectivity index (χ3v) is 4.70. The maximum absolute atomic E-state index is 12.5. The first-order chi connectivity index (χ1) is 9.18. The van der Waals surface area contributed by atoms with E-state index in [2.05, 4.69) is 0 Å². The molecule has 0 aliphatic carbocycles. The molecule has 3 fully saturated rings. The quantitative estimate of drug-likeness (QED) is 0.738. The molecule has 0 spiro atoms. The van der Waals surface area contributed by atoms with E-state index < -0.39 is 0 Å². The number of amides is 2. The number of rotatable bonds is 1. The monoisotopic (exact) mass is 277 g/mol. The summed E-state index contributed by atoms with van der Waals surface area (Å²) in [5.74, 6) is -0.921. The van der Waals surface area contributed by atoms with Crippen LogP contribution in [0.15, 0.2) is 24.3 Å². The third kappa shape index (κ3) is 1.38. The first-order valence-corrected chi connectivity index (χ1v) is 6.84. The highest BCUT2D eigenvalue weighted by Crippen LogP contribution is 2.49. The van der Waals surface area contributed by atoms with Crippen molar-refractivity contribution in [3.8, 4) is 0 Å². The van der Waals surface area contributed by atoms with Crippen molar-refractivity contribution in [1.82, 2.24) is 0 Å². The van der Waals surface area contributed by atoms with E-state index in [9.17, 15) is 9.59 Å². The molecule has 0 radical (unpaired) electrons. The predicted molar refractivity (Wildman–Crippen MR) is 68.8 cm³/mol. The molecule has 5 heteroatoms. The zero-order valence-corrected chi connectivity index (χ0v) is 10.8. The Morgan fingerprint density at radius 1 is 1.05 bits per heavy atom. The van der Waals surface area contributed by atoms with Gasteiger partial charge in [-0.05, 0) is 25.0 Å². The van der Waals surface area contributed by atoms with Crippen molar-refractivity contribution in [1.29, 1.82) is 0 Å². The maximum Gasteiger partial charge on any atom is 0.240 e. The fraction of sp³-hybridized carbons (Fsp3) is 0.429. The molecule has 3 heterocycles. The highest BCUT2D eigenvalue weighted by Gasteiger charge is 2.62. The fourth-order valence-corrected chi connectivity index (χ4v) is 3.80. The Labute approximate surface area is 115 Å². The second kappa shape index (κ2) is 3.81. The summed E-state index contributed by atoms with van der Waals surface area (Å²) in [6.45, 7) is 0. The lowest BCUT2D eigenvalue weighted by atomic mass is 9.81. The average molecular weight is 278 g/mol. The summed E-state index contributed by atoms with van der Waals surface area (Å²) in [5, 5.41) is 0.428. The molecule has 2 amide bonds. The number of imide groups is 1. The lowest BCUT2D eigenvalue weighted by molar-refractivity contribution is -0.124. The lowest BCUT2D eigenvalue weighted by Crippen LogP contribution is -2.34. The van der Waals surface area contributed by atoms with Crippen LogP contribution in [0.5, 0.6) is 0 Å². The average Bonchev–Trinajstić information content (AvgIpc) is 3.06. The number of hydrogen-bond acceptors (Lipinski definition) is 3. The van der Waals surface area contributed by atoms with Gasteiger partial charge >= 0.3 is 0 Å². The van der Waals surface area contributed by atoms with Crippen LogP contribution < -0.4 is 4.90 Å². The Morgan fingerprint density at radius 2 is 1.63 bits per heavy atom. The van der Waals surface area contributed by atoms with Crippen LogP contribution in [0.3, 0.4) is 0 Å². The van der Waals surface area contributed by atoms with Gasteiger partial charge in [-0.3, -0.25) is 9.59 Å². The summed E-state index contributed by atoms with van der Waals surface area (Å²) in [7, 11) is 0. The van der Waals surface area contributed by atoms with Crippen LogP contribution in [-0.4, -0.2) is 24.0 Å². The van der Waals surface area contributed by atoms with Crippen molar-refractivity contribution in [3.63, 3.8) is 0 Å². The topological polar surface area (TPSA) is 46.6 Å². The van der Waals surface area contributed by atoms with Crippen LogP contribution in [0.2, 0.25) is 5.02 Å². The van der Waals surface area contributed by atoms with Crippen molar-refractivity contribution in [2.24, 2.45) is 11.8 Å². The van der Waals surface area contributed by atoms with E-state index >= 15 is 0 Å². The molecule has 4 nitrogen and oxygen atoms in total. The van der Waals surface area contributed by atoms with Gasteiger partial charge in [0.1, 0.15) is 0 Å². The molecule has 4 atom stereocenters. The van der Waals surface area contributed by atoms with Gasteiger partial charge < -0.3 is 4.74 Å². The molecule has 3 saturated heterocycles. The maximum atomic E-state index is 12.5. The first kappa shape index (κ1) is 11.4. The lowest BCUT2D eigenvalue weighted by Gasteiger charge is -2.18. The minimum Gasteiger partial charge on any atom is -0.373 e. The van der Waals surface area contributed by atoms with Gasteiger partial charge in [0.2, 0.25) is 11.8 Å². The molecule has 2 bridgehead atoms. The minimum atomic E-state index is -0.303. The number of nitrogens with zero attached hydrogens (tertiary/aromatic N) is 1.